The van der Waals surface area contributed by atoms with Crippen LogP contribution in [-0.2, 0) is 0 Å². The molecular weight excluding hydrogens is 214 g/mol. The second-order valence-corrected chi connectivity index (χ2v) is 4.43. The van der Waals surface area contributed by atoms with Crippen LogP contribution in [0.5, 0.6) is 0 Å². The molecule has 0 aliphatic carbocycles. The number of piperidine rings is 1. The second-order valence-electron chi connectivity index (χ2n) is 4.43. The summed E-state index contributed by atoms with van der Waals surface area (Å²) >= 11 is 0. The molecule has 4 nitrogen and oxygen atoms in total. The van der Waals surface area contributed by atoms with E-state index in [1.54, 1.807) is 6.20 Å². The Labute approximate surface area is 99.9 Å². The number of pyridine rings is 1. The van der Waals surface area contributed by atoms with Gasteiger partial charge in [-0.15, -0.1) is 0 Å². The Morgan fingerprint density at radius 3 is 2.82 bits per heavy atom. The molecule has 3 rings (SSSR count). The molecule has 17 heavy (non-hydrogen) atoms. The summed E-state index contributed by atoms with van der Waals surface area (Å²) in [4.78, 5) is 18.6. The van der Waals surface area contributed by atoms with Gasteiger partial charge < -0.3 is 9.30 Å². The van der Waals surface area contributed by atoms with E-state index in [1.165, 1.54) is 6.42 Å². The predicted molar refractivity (Wildman–Crippen MR) is 64.9 cm³/mol. The molecule has 0 spiro atoms. The summed E-state index contributed by atoms with van der Waals surface area (Å²) < 4.78 is 1.89. The molecule has 0 bridgehead atoms. The van der Waals surface area contributed by atoms with E-state index >= 15 is 0 Å². The van der Waals surface area contributed by atoms with E-state index in [4.69, 9.17) is 0 Å². The van der Waals surface area contributed by atoms with Gasteiger partial charge in [0, 0.05) is 31.7 Å². The van der Waals surface area contributed by atoms with Crippen molar-refractivity contribution in [2.24, 2.45) is 0 Å². The lowest BCUT2D eigenvalue weighted by Crippen LogP contribution is -2.35. The highest BCUT2D eigenvalue weighted by Gasteiger charge is 2.20. The minimum atomic E-state index is 0.113. The monoisotopic (exact) mass is 229 g/mol. The van der Waals surface area contributed by atoms with Gasteiger partial charge in [-0.3, -0.25) is 4.79 Å². The summed E-state index contributed by atoms with van der Waals surface area (Å²) in [5, 5.41) is 0. The van der Waals surface area contributed by atoms with Crippen molar-refractivity contribution in [2.75, 3.05) is 13.1 Å². The molecule has 2 aromatic rings. The van der Waals surface area contributed by atoms with Crippen molar-refractivity contribution in [3.05, 3.63) is 36.3 Å². The number of likely N-dealkylation sites (tertiary alicyclic amines) is 1. The van der Waals surface area contributed by atoms with Crippen LogP contribution in [0.2, 0.25) is 0 Å². The maximum Gasteiger partial charge on any atom is 0.257 e. The second kappa shape index (κ2) is 4.20. The summed E-state index contributed by atoms with van der Waals surface area (Å²) in [6, 6.07) is 3.76. The van der Waals surface area contributed by atoms with E-state index in [2.05, 4.69) is 4.98 Å². The topological polar surface area (TPSA) is 37.6 Å². The van der Waals surface area contributed by atoms with Crippen LogP contribution in [0.1, 0.15) is 29.6 Å². The first-order valence-electron chi connectivity index (χ1n) is 6.07. The van der Waals surface area contributed by atoms with E-state index in [0.29, 0.717) is 5.56 Å². The van der Waals surface area contributed by atoms with Crippen molar-refractivity contribution in [3.8, 4) is 0 Å². The van der Waals surface area contributed by atoms with Crippen LogP contribution in [0.25, 0.3) is 5.65 Å². The third kappa shape index (κ3) is 1.79. The Morgan fingerprint density at radius 1 is 1.18 bits per heavy atom. The van der Waals surface area contributed by atoms with Crippen molar-refractivity contribution in [3.63, 3.8) is 0 Å². The highest BCUT2D eigenvalue weighted by atomic mass is 16.2. The zero-order valence-corrected chi connectivity index (χ0v) is 9.67. The first-order valence-corrected chi connectivity index (χ1v) is 6.07. The van der Waals surface area contributed by atoms with Gasteiger partial charge in [0.05, 0.1) is 5.56 Å². The highest BCUT2D eigenvalue weighted by molar-refractivity contribution is 5.99. The van der Waals surface area contributed by atoms with Crippen molar-refractivity contribution >= 4 is 11.6 Å². The third-order valence-electron chi connectivity index (χ3n) is 3.29. The van der Waals surface area contributed by atoms with Crippen molar-refractivity contribution < 1.29 is 4.79 Å². The zero-order chi connectivity index (χ0) is 11.7. The fourth-order valence-electron chi connectivity index (χ4n) is 2.38. The number of rotatable bonds is 1. The molecule has 4 heteroatoms. The minimum absolute atomic E-state index is 0.113. The fourth-order valence-corrected chi connectivity index (χ4v) is 2.38. The molecule has 0 aromatic carbocycles. The number of amides is 1. The number of hydrogen-bond donors (Lipinski definition) is 0. The molecule has 1 amide bonds. The first-order chi connectivity index (χ1) is 8.36. The normalized spacial score (nSPS) is 16.4. The minimum Gasteiger partial charge on any atom is -0.339 e. The lowest BCUT2D eigenvalue weighted by molar-refractivity contribution is 0.0725. The van der Waals surface area contributed by atoms with Crippen LogP contribution >= 0.6 is 0 Å². The molecular formula is C13H15N3O. The molecule has 0 atom stereocenters. The summed E-state index contributed by atoms with van der Waals surface area (Å²) in [6.45, 7) is 1.75. The molecule has 1 aliphatic rings. The quantitative estimate of drug-likeness (QED) is 0.749. The van der Waals surface area contributed by atoms with Crippen LogP contribution < -0.4 is 0 Å². The fraction of sp³-hybridized carbons (Fsp3) is 0.385. The van der Waals surface area contributed by atoms with Gasteiger partial charge in [-0.1, -0.05) is 0 Å². The Morgan fingerprint density at radius 2 is 2.00 bits per heavy atom. The summed E-state index contributed by atoms with van der Waals surface area (Å²) in [5.74, 6) is 0.113. The van der Waals surface area contributed by atoms with Gasteiger partial charge in [-0.05, 0) is 31.4 Å². The lowest BCUT2D eigenvalue weighted by atomic mass is 10.1. The van der Waals surface area contributed by atoms with E-state index in [9.17, 15) is 4.79 Å². The van der Waals surface area contributed by atoms with Crippen LogP contribution in [0.4, 0.5) is 0 Å². The Balaban J connectivity index is 1.97. The van der Waals surface area contributed by atoms with Crippen LogP contribution in [0, 0.1) is 0 Å². The lowest BCUT2D eigenvalue weighted by Gasteiger charge is -2.26. The van der Waals surface area contributed by atoms with Crippen LogP contribution in [-0.4, -0.2) is 33.3 Å². The zero-order valence-electron chi connectivity index (χ0n) is 9.67. The smallest absolute Gasteiger partial charge is 0.257 e. The molecule has 0 unspecified atom stereocenters. The Bertz CT molecular complexity index is 540. The molecule has 88 valence electrons. The maximum atomic E-state index is 12.4. The number of carbonyl (C=O) groups excluding carboxylic acids is 1. The summed E-state index contributed by atoms with van der Waals surface area (Å²) in [5.41, 5.74) is 1.46. The number of fused-ring (bicyclic) bond motifs is 1. The number of aromatic nitrogens is 2. The molecule has 2 aromatic heterocycles. The number of nitrogens with zero attached hydrogens (tertiary/aromatic N) is 3. The standard InChI is InChI=1S/C13H15N3O/c17-13(16-7-2-1-3-8-16)11-5-4-9-15-10-6-14-12(11)15/h4-6,9-10H,1-3,7-8H2. The highest BCUT2D eigenvalue weighted by Crippen LogP contribution is 2.15. The van der Waals surface area contributed by atoms with Gasteiger partial charge in [0.2, 0.25) is 0 Å². The summed E-state index contributed by atoms with van der Waals surface area (Å²) in [6.07, 6.45) is 8.96. The van der Waals surface area contributed by atoms with Gasteiger partial charge in [0.25, 0.3) is 5.91 Å². The average Bonchev–Trinajstić information content (AvgIpc) is 2.87. The molecule has 1 saturated heterocycles. The average molecular weight is 229 g/mol. The van der Waals surface area contributed by atoms with E-state index in [0.717, 1.165) is 31.6 Å². The van der Waals surface area contributed by atoms with E-state index in [-0.39, 0.29) is 5.91 Å². The van der Waals surface area contributed by atoms with Gasteiger partial charge >= 0.3 is 0 Å². The third-order valence-corrected chi connectivity index (χ3v) is 3.29. The van der Waals surface area contributed by atoms with E-state index < -0.39 is 0 Å². The Hall–Kier alpha value is -1.84. The SMILES string of the molecule is O=C(c1cccn2ccnc12)N1CCCCC1. The predicted octanol–water partition coefficient (Wildman–Crippen LogP) is 1.96. The van der Waals surface area contributed by atoms with Gasteiger partial charge in [-0.2, -0.15) is 0 Å². The maximum absolute atomic E-state index is 12.4. The molecule has 1 fully saturated rings. The van der Waals surface area contributed by atoms with Gasteiger partial charge in [0.1, 0.15) is 5.65 Å². The van der Waals surface area contributed by atoms with Crippen molar-refractivity contribution in [1.29, 1.82) is 0 Å². The first kappa shape index (κ1) is 10.3. The number of hydrogen-bond acceptors (Lipinski definition) is 2. The van der Waals surface area contributed by atoms with Crippen molar-refractivity contribution in [2.45, 2.75) is 19.3 Å². The van der Waals surface area contributed by atoms with Crippen LogP contribution in [0.3, 0.4) is 0 Å². The number of imidazole rings is 1. The molecule has 1 aliphatic heterocycles. The van der Waals surface area contributed by atoms with Crippen molar-refractivity contribution in [1.82, 2.24) is 14.3 Å². The molecule has 0 saturated carbocycles. The van der Waals surface area contributed by atoms with E-state index in [1.807, 2.05) is 33.8 Å². The summed E-state index contributed by atoms with van der Waals surface area (Å²) in [7, 11) is 0. The van der Waals surface area contributed by atoms with Crippen LogP contribution in [0.15, 0.2) is 30.7 Å². The molecule has 3 heterocycles. The number of carbonyl (C=O) groups is 1. The van der Waals surface area contributed by atoms with Gasteiger partial charge in [0.15, 0.2) is 0 Å². The van der Waals surface area contributed by atoms with Gasteiger partial charge in [-0.25, -0.2) is 4.98 Å². The Kier molecular flexibility index (Phi) is 2.55. The molecule has 0 radical (unpaired) electrons. The molecule has 0 N–H and O–H groups in total. The largest absolute Gasteiger partial charge is 0.339 e.